The van der Waals surface area contributed by atoms with Crippen molar-refractivity contribution in [3.8, 4) is 18.1 Å². The van der Waals surface area contributed by atoms with E-state index in [4.69, 9.17) is 11.2 Å². The monoisotopic (exact) mass is 352 g/mol. The van der Waals surface area contributed by atoms with Crippen molar-refractivity contribution < 1.29 is 9.53 Å². The van der Waals surface area contributed by atoms with Crippen LogP contribution in [0.2, 0.25) is 0 Å². The fourth-order valence-electron chi connectivity index (χ4n) is 2.26. The molecule has 0 radical (unpaired) electrons. The fourth-order valence-corrected chi connectivity index (χ4v) is 2.74. The Morgan fingerprint density at radius 2 is 2.24 bits per heavy atom. The van der Waals surface area contributed by atoms with Gasteiger partial charge < -0.3 is 10.1 Å². The molecule has 2 rings (SSSR count). The summed E-state index contributed by atoms with van der Waals surface area (Å²) in [6, 6.07) is 7.32. The number of carbonyl (C=O) groups excluding carboxylic acids is 1. The van der Waals surface area contributed by atoms with Crippen molar-refractivity contribution in [1.29, 1.82) is 0 Å². The number of rotatable bonds is 6. The highest BCUT2D eigenvalue weighted by Gasteiger charge is 2.25. The van der Waals surface area contributed by atoms with E-state index in [-0.39, 0.29) is 5.91 Å². The number of pyridine rings is 1. The van der Waals surface area contributed by atoms with E-state index in [0.29, 0.717) is 11.3 Å². The summed E-state index contributed by atoms with van der Waals surface area (Å²) in [7, 11) is 0. The van der Waals surface area contributed by atoms with E-state index in [1.165, 1.54) is 11.8 Å². The van der Waals surface area contributed by atoms with E-state index in [2.05, 4.69) is 28.5 Å². The van der Waals surface area contributed by atoms with Crippen LogP contribution in [0.25, 0.3) is 10.9 Å². The molecule has 5 heteroatoms. The van der Waals surface area contributed by atoms with Crippen molar-refractivity contribution >= 4 is 28.6 Å². The molecule has 1 amide bonds. The predicted octanol–water partition coefficient (Wildman–Crippen LogP) is 3.52. The van der Waals surface area contributed by atoms with Gasteiger partial charge in [0.05, 0.1) is 11.1 Å². The molecule has 4 nitrogen and oxygen atoms in total. The van der Waals surface area contributed by atoms with E-state index in [1.54, 1.807) is 18.3 Å². The quantitative estimate of drug-likeness (QED) is 0.491. The molecule has 0 aliphatic heterocycles. The highest BCUT2D eigenvalue weighted by Crippen LogP contribution is 2.23. The Hall–Kier alpha value is -2.67. The predicted molar refractivity (Wildman–Crippen MR) is 104 cm³/mol. The molecule has 1 aromatic carbocycles. The Labute approximate surface area is 152 Å². The number of thioether (sulfide) groups is 1. The third-order valence-electron chi connectivity index (χ3n) is 3.40. The number of aromatic nitrogens is 1. The van der Waals surface area contributed by atoms with Crippen LogP contribution in [-0.2, 0) is 4.79 Å². The second-order valence-electron chi connectivity index (χ2n) is 5.97. The van der Waals surface area contributed by atoms with Crippen LogP contribution in [0.1, 0.15) is 19.4 Å². The van der Waals surface area contributed by atoms with Crippen molar-refractivity contribution in [3.63, 3.8) is 0 Å². The first kappa shape index (κ1) is 18.7. The van der Waals surface area contributed by atoms with Crippen LogP contribution >= 0.6 is 11.8 Å². The normalized spacial score (nSPS) is 11.9. The number of terminal acetylenes is 1. The van der Waals surface area contributed by atoms with Gasteiger partial charge in [-0.3, -0.25) is 9.78 Å². The van der Waals surface area contributed by atoms with Gasteiger partial charge in [-0.1, -0.05) is 12.5 Å². The third kappa shape index (κ3) is 4.90. The van der Waals surface area contributed by atoms with Gasteiger partial charge in [0, 0.05) is 17.1 Å². The maximum absolute atomic E-state index is 12.5. The Morgan fingerprint density at radius 3 is 2.88 bits per heavy atom. The van der Waals surface area contributed by atoms with Gasteiger partial charge in [0.1, 0.15) is 5.75 Å². The average molecular weight is 352 g/mol. The molecule has 25 heavy (non-hydrogen) atoms. The first-order valence-electron chi connectivity index (χ1n) is 7.63. The highest BCUT2D eigenvalue weighted by atomic mass is 32.2. The molecule has 0 saturated carbocycles. The maximum Gasteiger partial charge on any atom is 0.272 e. The summed E-state index contributed by atoms with van der Waals surface area (Å²) < 4.78 is 5.85. The molecule has 0 aliphatic carbocycles. The topological polar surface area (TPSA) is 51.2 Å². The first-order valence-corrected chi connectivity index (χ1v) is 8.92. The van der Waals surface area contributed by atoms with Gasteiger partial charge in [0.2, 0.25) is 5.44 Å². The fraction of sp³-hybridized carbons (Fsp3) is 0.250. The lowest BCUT2D eigenvalue weighted by molar-refractivity contribution is -0.125. The van der Waals surface area contributed by atoms with Gasteiger partial charge in [0.25, 0.3) is 5.91 Å². The Kier molecular flexibility index (Phi) is 5.93. The minimum atomic E-state index is -0.682. The minimum Gasteiger partial charge on any atom is -0.470 e. The van der Waals surface area contributed by atoms with Crippen LogP contribution in [0.4, 0.5) is 0 Å². The summed E-state index contributed by atoms with van der Waals surface area (Å²) >= 11 is 1.31. The maximum atomic E-state index is 12.5. The standard InChI is InChI=1S/C20H20N2O2S/c1-6-10-20(3,4)22-18(23)19(25-5)24-16-8-9-17-15(12-16)11-14(7-2)13-21-17/h2,8-13,19H,1H2,3-5H3,(H,22,23). The largest absolute Gasteiger partial charge is 0.470 e. The van der Waals surface area contributed by atoms with Crippen molar-refractivity contribution in [2.45, 2.75) is 24.8 Å². The van der Waals surface area contributed by atoms with E-state index >= 15 is 0 Å². The van der Waals surface area contributed by atoms with Gasteiger partial charge in [-0.15, -0.1) is 23.9 Å². The zero-order valence-electron chi connectivity index (χ0n) is 14.5. The summed E-state index contributed by atoms with van der Waals surface area (Å²) in [4.78, 5) is 16.8. The number of benzene rings is 1. The SMILES string of the molecule is C#Cc1cnc2ccc(OC(SC)C(=O)NC(C)(C)C=C=C)cc2c1. The molecule has 0 aliphatic rings. The first-order chi connectivity index (χ1) is 11.9. The third-order valence-corrected chi connectivity index (χ3v) is 4.14. The number of carbonyl (C=O) groups is 1. The van der Waals surface area contributed by atoms with E-state index < -0.39 is 11.0 Å². The van der Waals surface area contributed by atoms with Crippen LogP contribution in [0.15, 0.2) is 48.8 Å². The summed E-state index contributed by atoms with van der Waals surface area (Å²) in [6.07, 6.45) is 10.6. The van der Waals surface area contributed by atoms with Crippen LogP contribution in [-0.4, -0.2) is 28.1 Å². The van der Waals surface area contributed by atoms with Crippen molar-refractivity contribution in [3.05, 3.63) is 54.4 Å². The van der Waals surface area contributed by atoms with Crippen LogP contribution in [0, 0.1) is 12.3 Å². The average Bonchev–Trinajstić information content (AvgIpc) is 2.58. The molecule has 1 unspecified atom stereocenters. The lowest BCUT2D eigenvalue weighted by Crippen LogP contribution is -2.47. The van der Waals surface area contributed by atoms with Crippen molar-refractivity contribution in [2.75, 3.05) is 6.26 Å². The van der Waals surface area contributed by atoms with E-state index in [9.17, 15) is 4.79 Å². The Balaban J connectivity index is 2.20. The number of amides is 1. The zero-order chi connectivity index (χ0) is 18.4. The molecular formula is C20H20N2O2S. The van der Waals surface area contributed by atoms with Gasteiger partial charge in [-0.05, 0) is 50.4 Å². The van der Waals surface area contributed by atoms with Gasteiger partial charge in [0.15, 0.2) is 0 Å². The van der Waals surface area contributed by atoms with Crippen molar-refractivity contribution in [2.24, 2.45) is 0 Å². The summed E-state index contributed by atoms with van der Waals surface area (Å²) in [5, 5.41) is 3.77. The lowest BCUT2D eigenvalue weighted by atomic mass is 10.1. The lowest BCUT2D eigenvalue weighted by Gasteiger charge is -2.25. The molecule has 1 heterocycles. The smallest absolute Gasteiger partial charge is 0.272 e. The molecule has 1 atom stereocenters. The summed E-state index contributed by atoms with van der Waals surface area (Å²) in [6.45, 7) is 7.27. The second kappa shape index (κ2) is 7.94. The number of nitrogens with zero attached hydrogens (tertiary/aromatic N) is 1. The van der Waals surface area contributed by atoms with E-state index in [1.807, 2.05) is 38.3 Å². The molecule has 0 fully saturated rings. The van der Waals surface area contributed by atoms with Crippen LogP contribution < -0.4 is 10.1 Å². The van der Waals surface area contributed by atoms with Crippen LogP contribution in [0.3, 0.4) is 0 Å². The van der Waals surface area contributed by atoms with Gasteiger partial charge in [-0.25, -0.2) is 0 Å². The molecule has 128 valence electrons. The number of nitrogens with one attached hydrogen (secondary N) is 1. The molecule has 0 saturated heterocycles. The molecular weight excluding hydrogens is 332 g/mol. The highest BCUT2D eigenvalue weighted by molar-refractivity contribution is 7.99. The van der Waals surface area contributed by atoms with Crippen LogP contribution in [0.5, 0.6) is 5.75 Å². The van der Waals surface area contributed by atoms with Gasteiger partial charge >= 0.3 is 0 Å². The number of fused-ring (bicyclic) bond motifs is 1. The molecule has 2 aromatic rings. The Morgan fingerprint density at radius 1 is 1.48 bits per heavy atom. The molecule has 1 aromatic heterocycles. The number of hydrogen-bond donors (Lipinski definition) is 1. The molecule has 1 N–H and O–H groups in total. The number of ether oxygens (including phenoxy) is 1. The molecule has 0 spiro atoms. The Bertz CT molecular complexity index is 877. The van der Waals surface area contributed by atoms with Gasteiger partial charge in [-0.2, -0.15) is 0 Å². The summed E-state index contributed by atoms with van der Waals surface area (Å²) in [5.74, 6) is 2.92. The number of hydrogen-bond acceptors (Lipinski definition) is 4. The minimum absolute atomic E-state index is 0.223. The zero-order valence-corrected chi connectivity index (χ0v) is 15.3. The van der Waals surface area contributed by atoms with Crippen molar-refractivity contribution in [1.82, 2.24) is 10.3 Å². The second-order valence-corrected chi connectivity index (χ2v) is 6.87. The van der Waals surface area contributed by atoms with E-state index in [0.717, 1.165) is 10.9 Å². The summed E-state index contributed by atoms with van der Waals surface area (Å²) in [5.41, 5.74) is 2.97. The molecule has 0 bridgehead atoms.